The average molecular weight is 440 g/mol. The lowest BCUT2D eigenvalue weighted by molar-refractivity contribution is -0.116. The number of hydrogen-bond donors (Lipinski definition) is 2. The van der Waals surface area contributed by atoms with Crippen molar-refractivity contribution in [2.24, 2.45) is 0 Å². The first-order chi connectivity index (χ1) is 14.4. The largest absolute Gasteiger partial charge is 0.338 e. The Morgan fingerprint density at radius 1 is 0.900 bits per heavy atom. The molecule has 0 bridgehead atoms. The van der Waals surface area contributed by atoms with Crippen LogP contribution in [0.3, 0.4) is 0 Å². The molecule has 0 saturated heterocycles. The zero-order valence-corrected chi connectivity index (χ0v) is 17.3. The maximum absolute atomic E-state index is 12.5. The van der Waals surface area contributed by atoms with Crippen molar-refractivity contribution in [1.29, 1.82) is 0 Å². The molecule has 0 aliphatic carbocycles. The van der Waals surface area contributed by atoms with Gasteiger partial charge in [0.15, 0.2) is 0 Å². The maximum Gasteiger partial charge on any atom is 0.261 e. The summed E-state index contributed by atoms with van der Waals surface area (Å²) in [5.74, 6) is -0.240. The molecule has 0 radical (unpaired) electrons. The van der Waals surface area contributed by atoms with E-state index >= 15 is 0 Å². The van der Waals surface area contributed by atoms with Gasteiger partial charge in [0.1, 0.15) is 6.54 Å². The molecular weight excluding hydrogens is 422 g/mol. The fraction of sp³-hybridized carbons (Fsp3) is 0.0455. The molecule has 4 aromatic rings. The third kappa shape index (κ3) is 4.48. The standard InChI is InChI=1S/C22H18ClN3O3S/c23-17-10-9-16-11-12-26(21(16)13-17)15-22(27)24-18-5-4-6-19(14-18)25-30(28,29)20-7-2-1-3-8-20/h1-14,25H,15H2,(H,24,27). The number of aromatic nitrogens is 1. The van der Waals surface area contributed by atoms with Gasteiger partial charge in [0.25, 0.3) is 10.0 Å². The smallest absolute Gasteiger partial charge is 0.261 e. The molecule has 30 heavy (non-hydrogen) atoms. The molecule has 4 rings (SSSR count). The van der Waals surface area contributed by atoms with E-state index in [0.717, 1.165) is 10.9 Å². The lowest BCUT2D eigenvalue weighted by Gasteiger charge is -2.11. The minimum absolute atomic E-state index is 0.101. The molecule has 3 aromatic carbocycles. The lowest BCUT2D eigenvalue weighted by atomic mass is 10.2. The number of sulfonamides is 1. The van der Waals surface area contributed by atoms with Crippen LogP contribution < -0.4 is 10.0 Å². The van der Waals surface area contributed by atoms with E-state index in [9.17, 15) is 13.2 Å². The topological polar surface area (TPSA) is 80.2 Å². The van der Waals surface area contributed by atoms with Crippen LogP contribution in [0.1, 0.15) is 0 Å². The number of carbonyl (C=O) groups is 1. The second kappa shape index (κ2) is 8.22. The fourth-order valence-electron chi connectivity index (χ4n) is 3.12. The van der Waals surface area contributed by atoms with Crippen LogP contribution in [0.15, 0.2) is 90.0 Å². The van der Waals surface area contributed by atoms with Crippen LogP contribution in [0.5, 0.6) is 0 Å². The highest BCUT2D eigenvalue weighted by atomic mass is 35.5. The molecule has 152 valence electrons. The molecular formula is C22H18ClN3O3S. The van der Waals surface area contributed by atoms with Crippen LogP contribution in [0.2, 0.25) is 5.02 Å². The zero-order chi connectivity index (χ0) is 21.1. The molecule has 2 N–H and O–H groups in total. The molecule has 0 atom stereocenters. The van der Waals surface area contributed by atoms with Crippen LogP contribution >= 0.6 is 11.6 Å². The molecule has 0 saturated carbocycles. The fourth-order valence-corrected chi connectivity index (χ4v) is 4.36. The van der Waals surface area contributed by atoms with Crippen molar-refractivity contribution in [1.82, 2.24) is 4.57 Å². The van der Waals surface area contributed by atoms with Crippen LogP contribution in [0.4, 0.5) is 11.4 Å². The first kappa shape index (κ1) is 20.0. The summed E-state index contributed by atoms with van der Waals surface area (Å²) in [6, 6.07) is 22.1. The second-order valence-electron chi connectivity index (χ2n) is 6.69. The summed E-state index contributed by atoms with van der Waals surface area (Å²) >= 11 is 6.06. The summed E-state index contributed by atoms with van der Waals surface area (Å²) in [5, 5.41) is 4.39. The number of halogens is 1. The third-order valence-electron chi connectivity index (χ3n) is 4.50. The van der Waals surface area contributed by atoms with Crippen LogP contribution in [-0.2, 0) is 21.4 Å². The van der Waals surface area contributed by atoms with Gasteiger partial charge in [-0.1, -0.05) is 41.9 Å². The van der Waals surface area contributed by atoms with Crippen LogP contribution in [0.25, 0.3) is 10.9 Å². The van der Waals surface area contributed by atoms with E-state index in [1.807, 2.05) is 24.4 Å². The van der Waals surface area contributed by atoms with Gasteiger partial charge in [-0.3, -0.25) is 9.52 Å². The first-order valence-corrected chi connectivity index (χ1v) is 11.0. The van der Waals surface area contributed by atoms with Crippen molar-refractivity contribution in [3.05, 3.63) is 90.1 Å². The van der Waals surface area contributed by atoms with Crippen molar-refractivity contribution in [2.45, 2.75) is 11.4 Å². The van der Waals surface area contributed by atoms with E-state index in [1.54, 1.807) is 53.1 Å². The van der Waals surface area contributed by atoms with Crippen molar-refractivity contribution < 1.29 is 13.2 Å². The molecule has 1 amide bonds. The van der Waals surface area contributed by atoms with Gasteiger partial charge < -0.3 is 9.88 Å². The molecule has 0 unspecified atom stereocenters. The maximum atomic E-state index is 12.5. The van der Waals surface area contributed by atoms with Crippen molar-refractivity contribution in [3.63, 3.8) is 0 Å². The molecule has 1 aromatic heterocycles. The third-order valence-corrected chi connectivity index (χ3v) is 6.13. The monoisotopic (exact) mass is 439 g/mol. The van der Waals surface area contributed by atoms with Gasteiger partial charge >= 0.3 is 0 Å². The van der Waals surface area contributed by atoms with Gasteiger partial charge in [-0.05, 0) is 53.9 Å². The second-order valence-corrected chi connectivity index (χ2v) is 8.81. The Hall–Kier alpha value is -3.29. The minimum atomic E-state index is -3.71. The Morgan fingerprint density at radius 2 is 1.67 bits per heavy atom. The quantitative estimate of drug-likeness (QED) is 0.455. The van der Waals surface area contributed by atoms with Crippen molar-refractivity contribution in [3.8, 4) is 0 Å². The molecule has 0 spiro atoms. The highest BCUT2D eigenvalue weighted by Gasteiger charge is 2.14. The highest BCUT2D eigenvalue weighted by Crippen LogP contribution is 2.22. The minimum Gasteiger partial charge on any atom is -0.338 e. The summed E-state index contributed by atoms with van der Waals surface area (Å²) in [7, 11) is -3.71. The van der Waals surface area contributed by atoms with Gasteiger partial charge in [-0.15, -0.1) is 0 Å². The summed E-state index contributed by atoms with van der Waals surface area (Å²) in [6.45, 7) is 0.101. The van der Waals surface area contributed by atoms with E-state index in [2.05, 4.69) is 10.0 Å². The van der Waals surface area contributed by atoms with Gasteiger partial charge in [0.05, 0.1) is 10.6 Å². The number of nitrogens with zero attached hydrogens (tertiary/aromatic N) is 1. The number of hydrogen-bond acceptors (Lipinski definition) is 3. The van der Waals surface area contributed by atoms with Crippen molar-refractivity contribution in [2.75, 3.05) is 10.0 Å². The number of carbonyl (C=O) groups excluding carboxylic acids is 1. The van der Waals surface area contributed by atoms with Crippen molar-refractivity contribution >= 4 is 49.8 Å². The zero-order valence-electron chi connectivity index (χ0n) is 15.7. The van der Waals surface area contributed by atoms with Gasteiger partial charge in [-0.25, -0.2) is 8.42 Å². The normalized spacial score (nSPS) is 11.4. The Morgan fingerprint density at radius 3 is 2.47 bits per heavy atom. The number of rotatable bonds is 6. The average Bonchev–Trinajstić information content (AvgIpc) is 3.10. The van der Waals surface area contributed by atoms with E-state index < -0.39 is 10.0 Å². The summed E-state index contributed by atoms with van der Waals surface area (Å²) < 4.78 is 29.3. The Labute approximate surface area is 179 Å². The molecule has 1 heterocycles. The Bertz CT molecular complexity index is 1320. The molecule has 0 fully saturated rings. The summed E-state index contributed by atoms with van der Waals surface area (Å²) in [4.78, 5) is 12.7. The molecule has 8 heteroatoms. The Kier molecular flexibility index (Phi) is 5.48. The summed E-state index contributed by atoms with van der Waals surface area (Å²) in [5.41, 5.74) is 1.71. The van der Waals surface area contributed by atoms with Gasteiger partial charge in [-0.2, -0.15) is 0 Å². The molecule has 6 nitrogen and oxygen atoms in total. The van der Waals surface area contributed by atoms with E-state index in [-0.39, 0.29) is 17.3 Å². The number of nitrogens with one attached hydrogen (secondary N) is 2. The predicted molar refractivity (Wildman–Crippen MR) is 119 cm³/mol. The first-order valence-electron chi connectivity index (χ1n) is 9.13. The Balaban J connectivity index is 1.47. The lowest BCUT2D eigenvalue weighted by Crippen LogP contribution is -2.18. The number of amides is 1. The predicted octanol–water partition coefficient (Wildman–Crippen LogP) is 4.73. The van der Waals surface area contributed by atoms with Gasteiger partial charge in [0.2, 0.25) is 5.91 Å². The van der Waals surface area contributed by atoms with E-state index in [0.29, 0.717) is 16.4 Å². The van der Waals surface area contributed by atoms with Crippen LogP contribution in [0, 0.1) is 0 Å². The number of anilines is 2. The SMILES string of the molecule is O=C(Cn1ccc2ccc(Cl)cc21)Nc1cccc(NS(=O)(=O)c2ccccc2)c1. The van der Waals surface area contributed by atoms with Crippen LogP contribution in [-0.4, -0.2) is 18.9 Å². The van der Waals surface area contributed by atoms with E-state index in [1.165, 1.54) is 12.1 Å². The molecule has 0 aliphatic rings. The summed E-state index contributed by atoms with van der Waals surface area (Å²) in [6.07, 6.45) is 1.82. The highest BCUT2D eigenvalue weighted by molar-refractivity contribution is 7.92. The van der Waals surface area contributed by atoms with Gasteiger partial charge in [0, 0.05) is 22.4 Å². The molecule has 0 aliphatic heterocycles. The number of benzene rings is 3. The van der Waals surface area contributed by atoms with E-state index in [4.69, 9.17) is 11.6 Å². The number of fused-ring (bicyclic) bond motifs is 1.